The Hall–Kier alpha value is 0.01000. The minimum Gasteiger partial charge on any atom is -0.254 e. The molecule has 0 aromatic rings. The third-order valence-corrected chi connectivity index (χ3v) is 6.53. The topological polar surface area (TPSA) is 6.48 Å². The summed E-state index contributed by atoms with van der Waals surface area (Å²) in [7, 11) is -0.928. The van der Waals surface area contributed by atoms with E-state index < -0.39 is 10.4 Å². The fraction of sp³-hybridized carbons (Fsp3) is 0.818. The van der Waals surface area contributed by atoms with Gasteiger partial charge in [-0.1, -0.05) is 34.3 Å². The van der Waals surface area contributed by atoms with E-state index in [0.717, 1.165) is 26.2 Å². The van der Waals surface area contributed by atoms with Crippen LogP contribution in [0.3, 0.4) is 0 Å². The second-order valence-corrected chi connectivity index (χ2v) is 6.44. The molecular formula is C11H26N2S. The molecule has 0 N–H and O–H groups in total. The van der Waals surface area contributed by atoms with Gasteiger partial charge in [0.2, 0.25) is 0 Å². The molecule has 0 aromatic carbocycles. The molecule has 0 radical (unpaired) electrons. The van der Waals surface area contributed by atoms with Gasteiger partial charge in [-0.15, -0.1) is 10.4 Å². The van der Waals surface area contributed by atoms with Crippen LogP contribution in [0.25, 0.3) is 0 Å². The molecule has 0 aliphatic heterocycles. The Morgan fingerprint density at radius 2 is 1.21 bits per heavy atom. The van der Waals surface area contributed by atoms with Gasteiger partial charge in [0.15, 0.2) is 0 Å². The van der Waals surface area contributed by atoms with Gasteiger partial charge in [-0.05, 0) is 11.7 Å². The molecular weight excluding hydrogens is 192 g/mol. The van der Waals surface area contributed by atoms with Gasteiger partial charge in [0, 0.05) is 26.2 Å². The number of nitrogens with zero attached hydrogens (tertiary/aromatic N) is 2. The molecule has 0 rings (SSSR count). The highest BCUT2D eigenvalue weighted by Gasteiger charge is 2.26. The molecule has 0 bridgehead atoms. The summed E-state index contributed by atoms with van der Waals surface area (Å²) in [6.45, 7) is 17.3. The Morgan fingerprint density at radius 3 is 1.36 bits per heavy atom. The van der Waals surface area contributed by atoms with E-state index >= 15 is 0 Å². The molecule has 0 atom stereocenters. The van der Waals surface area contributed by atoms with Gasteiger partial charge in [0.05, 0.1) is 0 Å². The second kappa shape index (κ2) is 6.49. The van der Waals surface area contributed by atoms with Crippen molar-refractivity contribution >= 4 is 10.4 Å². The van der Waals surface area contributed by atoms with E-state index in [1.807, 2.05) is 0 Å². The summed E-state index contributed by atoms with van der Waals surface area (Å²) in [5.41, 5.74) is 0. The molecule has 0 aromatic heterocycles. The lowest BCUT2D eigenvalue weighted by Crippen LogP contribution is -2.38. The monoisotopic (exact) mass is 218 g/mol. The second-order valence-electron chi connectivity index (χ2n) is 3.29. The van der Waals surface area contributed by atoms with Crippen molar-refractivity contribution in [2.75, 3.05) is 32.4 Å². The first-order chi connectivity index (χ1) is 6.60. The molecule has 0 aliphatic rings. The summed E-state index contributed by atoms with van der Waals surface area (Å²) in [6, 6.07) is 0. The molecule has 0 saturated heterocycles. The van der Waals surface area contributed by atoms with Gasteiger partial charge in [0.25, 0.3) is 0 Å². The van der Waals surface area contributed by atoms with Crippen LogP contribution in [-0.2, 0) is 0 Å². The quantitative estimate of drug-likeness (QED) is 0.648. The fourth-order valence-corrected chi connectivity index (χ4v) is 4.71. The largest absolute Gasteiger partial charge is 0.254 e. The van der Waals surface area contributed by atoms with E-state index in [1.54, 1.807) is 0 Å². The molecule has 0 amide bonds. The lowest BCUT2D eigenvalue weighted by Gasteiger charge is -2.50. The number of rotatable bonds is 7. The SMILES string of the molecule is C=CS(C)(N(CC)CC)N(CC)CC. The zero-order chi connectivity index (χ0) is 11.2. The summed E-state index contributed by atoms with van der Waals surface area (Å²) < 4.78 is 5.04. The van der Waals surface area contributed by atoms with E-state index in [0.29, 0.717) is 0 Å². The summed E-state index contributed by atoms with van der Waals surface area (Å²) >= 11 is 0. The minimum atomic E-state index is -0.928. The lowest BCUT2D eigenvalue weighted by atomic mass is 10.7. The van der Waals surface area contributed by atoms with Crippen LogP contribution in [0.5, 0.6) is 0 Å². The first-order valence-electron chi connectivity index (χ1n) is 5.51. The van der Waals surface area contributed by atoms with Crippen LogP contribution in [0, 0.1) is 0 Å². The van der Waals surface area contributed by atoms with Crippen molar-refractivity contribution in [3.63, 3.8) is 0 Å². The molecule has 14 heavy (non-hydrogen) atoms. The van der Waals surface area contributed by atoms with Crippen LogP contribution < -0.4 is 0 Å². The van der Waals surface area contributed by atoms with Crippen molar-refractivity contribution in [2.45, 2.75) is 27.7 Å². The highest BCUT2D eigenvalue weighted by Crippen LogP contribution is 2.51. The third kappa shape index (κ3) is 2.75. The highest BCUT2D eigenvalue weighted by atomic mass is 32.3. The Kier molecular flexibility index (Phi) is 6.49. The van der Waals surface area contributed by atoms with Gasteiger partial charge in [-0.3, -0.25) is 8.61 Å². The number of hydrogen-bond donors (Lipinski definition) is 0. The van der Waals surface area contributed by atoms with Gasteiger partial charge >= 0.3 is 0 Å². The molecule has 0 fully saturated rings. The molecule has 0 heterocycles. The maximum Gasteiger partial charge on any atom is 0.00597 e. The maximum absolute atomic E-state index is 4.02. The van der Waals surface area contributed by atoms with Crippen molar-refractivity contribution in [2.24, 2.45) is 0 Å². The van der Waals surface area contributed by atoms with Crippen LogP contribution in [0.2, 0.25) is 0 Å². The van der Waals surface area contributed by atoms with Crippen molar-refractivity contribution in [3.8, 4) is 0 Å². The standard InChI is InChI=1S/C11H26N2S/c1-7-12(8-2)14(6,11-5)13(9-3)10-4/h11H,5,7-10H2,1-4,6H3. The lowest BCUT2D eigenvalue weighted by molar-refractivity contribution is 0.436. The van der Waals surface area contributed by atoms with Crippen molar-refractivity contribution in [1.82, 2.24) is 8.61 Å². The predicted molar refractivity (Wildman–Crippen MR) is 69.6 cm³/mol. The third-order valence-electron chi connectivity index (χ3n) is 2.77. The normalized spacial score (nSPS) is 13.6. The Bertz CT molecular complexity index is 151. The Morgan fingerprint density at radius 1 is 0.929 bits per heavy atom. The zero-order valence-electron chi connectivity index (χ0n) is 10.4. The van der Waals surface area contributed by atoms with E-state index in [1.165, 1.54) is 0 Å². The van der Waals surface area contributed by atoms with Crippen LogP contribution in [-0.4, -0.2) is 41.0 Å². The molecule has 3 heteroatoms. The van der Waals surface area contributed by atoms with Crippen molar-refractivity contribution in [1.29, 1.82) is 0 Å². The summed E-state index contributed by atoms with van der Waals surface area (Å²) in [4.78, 5) is 0. The Labute approximate surface area is 91.5 Å². The molecule has 86 valence electrons. The summed E-state index contributed by atoms with van der Waals surface area (Å²) in [5, 5.41) is 2.15. The molecule has 2 nitrogen and oxygen atoms in total. The van der Waals surface area contributed by atoms with Gasteiger partial charge in [-0.2, -0.15) is 0 Å². The maximum atomic E-state index is 4.02. The van der Waals surface area contributed by atoms with E-state index in [-0.39, 0.29) is 0 Å². The van der Waals surface area contributed by atoms with Crippen molar-refractivity contribution in [3.05, 3.63) is 12.0 Å². The van der Waals surface area contributed by atoms with E-state index in [2.05, 4.69) is 54.5 Å². The fourth-order valence-electron chi connectivity index (χ4n) is 1.87. The summed E-state index contributed by atoms with van der Waals surface area (Å²) in [6.07, 6.45) is 2.33. The molecule has 0 unspecified atom stereocenters. The number of hydrogen-bond acceptors (Lipinski definition) is 2. The van der Waals surface area contributed by atoms with Crippen LogP contribution in [0.1, 0.15) is 27.7 Å². The van der Waals surface area contributed by atoms with Gasteiger partial charge in [0.1, 0.15) is 0 Å². The smallest absolute Gasteiger partial charge is 0.00597 e. The predicted octanol–water partition coefficient (Wildman–Crippen LogP) is 3.08. The van der Waals surface area contributed by atoms with Crippen molar-refractivity contribution < 1.29 is 0 Å². The average molecular weight is 218 g/mol. The Balaban J connectivity index is 4.82. The van der Waals surface area contributed by atoms with Crippen LogP contribution in [0.15, 0.2) is 12.0 Å². The molecule has 0 saturated carbocycles. The first kappa shape index (κ1) is 14.0. The van der Waals surface area contributed by atoms with Crippen LogP contribution in [0.4, 0.5) is 0 Å². The molecule has 0 spiro atoms. The van der Waals surface area contributed by atoms with Gasteiger partial charge < -0.3 is 0 Å². The first-order valence-corrected chi connectivity index (χ1v) is 7.53. The zero-order valence-corrected chi connectivity index (χ0v) is 11.2. The highest BCUT2D eigenvalue weighted by molar-refractivity contribution is 8.31. The van der Waals surface area contributed by atoms with E-state index in [9.17, 15) is 0 Å². The molecule has 0 aliphatic carbocycles. The van der Waals surface area contributed by atoms with E-state index in [4.69, 9.17) is 0 Å². The van der Waals surface area contributed by atoms with Crippen LogP contribution >= 0.6 is 10.4 Å². The van der Waals surface area contributed by atoms with Gasteiger partial charge in [-0.25, -0.2) is 0 Å². The summed E-state index contributed by atoms with van der Waals surface area (Å²) in [5.74, 6) is 0. The average Bonchev–Trinajstić information content (AvgIpc) is 2.21. The minimum absolute atomic E-state index is 0.928.